The third-order valence-electron chi connectivity index (χ3n) is 2.49. The molecule has 2 aromatic rings. The molecule has 7 heteroatoms. The number of imidazole rings is 1. The highest BCUT2D eigenvalue weighted by molar-refractivity contribution is 6.41. The maximum absolute atomic E-state index is 11.8. The molecule has 100 valence electrons. The fraction of sp³-hybridized carbons (Fsp3) is 0.250. The number of aromatic amines is 1. The van der Waals surface area contributed by atoms with Gasteiger partial charge in [-0.2, -0.15) is 0 Å². The van der Waals surface area contributed by atoms with Gasteiger partial charge >= 0.3 is 0 Å². The predicted molar refractivity (Wildman–Crippen MR) is 73.5 cm³/mol. The standard InChI is InChI=1S/C12H12Cl2N4O/c13-9-6-8(7-18-11(9)14)12(19)17-3-1-2-10-15-4-5-16-10/h4-7H,1-3H2,(H,15,16)(H,17,19). The molecule has 0 saturated heterocycles. The van der Waals surface area contributed by atoms with Crippen molar-refractivity contribution >= 4 is 29.1 Å². The van der Waals surface area contributed by atoms with Gasteiger partial charge in [0.1, 0.15) is 11.0 Å². The monoisotopic (exact) mass is 298 g/mol. The average molecular weight is 299 g/mol. The molecule has 1 amide bonds. The van der Waals surface area contributed by atoms with Crippen molar-refractivity contribution in [3.8, 4) is 0 Å². The van der Waals surface area contributed by atoms with E-state index in [1.165, 1.54) is 12.3 Å². The van der Waals surface area contributed by atoms with Crippen LogP contribution in [-0.2, 0) is 6.42 Å². The van der Waals surface area contributed by atoms with E-state index in [1.807, 2.05) is 0 Å². The van der Waals surface area contributed by atoms with Crippen LogP contribution in [0.15, 0.2) is 24.7 Å². The highest BCUT2D eigenvalue weighted by Crippen LogP contribution is 2.19. The Morgan fingerprint density at radius 1 is 1.37 bits per heavy atom. The Hall–Kier alpha value is -1.59. The minimum absolute atomic E-state index is 0.191. The van der Waals surface area contributed by atoms with Crippen LogP contribution in [0.2, 0.25) is 10.2 Å². The van der Waals surface area contributed by atoms with Gasteiger partial charge < -0.3 is 10.3 Å². The Morgan fingerprint density at radius 2 is 2.21 bits per heavy atom. The summed E-state index contributed by atoms with van der Waals surface area (Å²) in [6, 6.07) is 1.50. The zero-order valence-electron chi connectivity index (χ0n) is 9.99. The molecule has 0 fully saturated rings. The van der Waals surface area contributed by atoms with Crippen molar-refractivity contribution in [2.24, 2.45) is 0 Å². The van der Waals surface area contributed by atoms with Gasteiger partial charge in [-0.05, 0) is 12.5 Å². The van der Waals surface area contributed by atoms with Crippen molar-refractivity contribution in [3.63, 3.8) is 0 Å². The van der Waals surface area contributed by atoms with Crippen molar-refractivity contribution in [3.05, 3.63) is 46.2 Å². The van der Waals surface area contributed by atoms with Crippen LogP contribution in [-0.4, -0.2) is 27.4 Å². The maximum atomic E-state index is 11.8. The lowest BCUT2D eigenvalue weighted by atomic mass is 10.2. The topological polar surface area (TPSA) is 70.7 Å². The number of carbonyl (C=O) groups excluding carboxylic acids is 1. The van der Waals surface area contributed by atoms with Gasteiger partial charge in [0.05, 0.1) is 10.6 Å². The predicted octanol–water partition coefficient (Wildman–Crippen LogP) is 2.47. The molecule has 0 radical (unpaired) electrons. The first-order valence-corrected chi connectivity index (χ1v) is 6.50. The zero-order chi connectivity index (χ0) is 13.7. The number of nitrogens with zero attached hydrogens (tertiary/aromatic N) is 2. The fourth-order valence-electron chi connectivity index (χ4n) is 1.54. The van der Waals surface area contributed by atoms with Crippen molar-refractivity contribution in [2.75, 3.05) is 6.54 Å². The van der Waals surface area contributed by atoms with E-state index in [1.54, 1.807) is 12.4 Å². The van der Waals surface area contributed by atoms with Gasteiger partial charge in [0.15, 0.2) is 0 Å². The van der Waals surface area contributed by atoms with Crippen LogP contribution >= 0.6 is 23.2 Å². The first-order valence-electron chi connectivity index (χ1n) is 5.74. The molecular weight excluding hydrogens is 287 g/mol. The summed E-state index contributed by atoms with van der Waals surface area (Å²) >= 11 is 11.5. The lowest BCUT2D eigenvalue weighted by molar-refractivity contribution is 0.0953. The number of hydrogen-bond acceptors (Lipinski definition) is 3. The first-order chi connectivity index (χ1) is 9.16. The van der Waals surface area contributed by atoms with E-state index < -0.39 is 0 Å². The molecule has 2 N–H and O–H groups in total. The SMILES string of the molecule is O=C(NCCCc1ncc[nH]1)c1cnc(Cl)c(Cl)c1. The Morgan fingerprint density at radius 3 is 2.89 bits per heavy atom. The summed E-state index contributed by atoms with van der Waals surface area (Å²) in [6.45, 7) is 0.555. The van der Waals surface area contributed by atoms with Gasteiger partial charge in [0.2, 0.25) is 0 Å². The van der Waals surface area contributed by atoms with Crippen LogP contribution < -0.4 is 5.32 Å². The van der Waals surface area contributed by atoms with Crippen molar-refractivity contribution in [2.45, 2.75) is 12.8 Å². The third kappa shape index (κ3) is 3.94. The first kappa shape index (κ1) is 13.8. The number of carbonyl (C=O) groups is 1. The molecule has 0 aliphatic rings. The Bertz CT molecular complexity index is 557. The minimum Gasteiger partial charge on any atom is -0.352 e. The van der Waals surface area contributed by atoms with Crippen molar-refractivity contribution < 1.29 is 4.79 Å². The quantitative estimate of drug-likeness (QED) is 0.658. The third-order valence-corrected chi connectivity index (χ3v) is 3.18. The lowest BCUT2D eigenvalue weighted by Crippen LogP contribution is -2.25. The number of H-pyrrole nitrogens is 1. The number of nitrogens with one attached hydrogen (secondary N) is 2. The molecule has 19 heavy (non-hydrogen) atoms. The number of aromatic nitrogens is 3. The summed E-state index contributed by atoms with van der Waals surface area (Å²) < 4.78 is 0. The van der Waals surface area contributed by atoms with Crippen LogP contribution in [0.3, 0.4) is 0 Å². The van der Waals surface area contributed by atoms with E-state index in [4.69, 9.17) is 23.2 Å². The summed E-state index contributed by atoms with van der Waals surface area (Å²) in [4.78, 5) is 22.7. The second kappa shape index (κ2) is 6.54. The van der Waals surface area contributed by atoms with Gasteiger partial charge in [-0.3, -0.25) is 4.79 Å². The largest absolute Gasteiger partial charge is 0.352 e. The van der Waals surface area contributed by atoms with Crippen LogP contribution in [0, 0.1) is 0 Å². The van der Waals surface area contributed by atoms with Gasteiger partial charge in [0, 0.05) is 31.6 Å². The van der Waals surface area contributed by atoms with E-state index in [0.717, 1.165) is 18.7 Å². The fourth-order valence-corrected chi connectivity index (χ4v) is 1.81. The summed E-state index contributed by atoms with van der Waals surface area (Å²) in [5, 5.41) is 3.24. The van der Waals surface area contributed by atoms with Gasteiger partial charge in [-0.15, -0.1) is 0 Å². The van der Waals surface area contributed by atoms with E-state index in [-0.39, 0.29) is 16.1 Å². The molecule has 5 nitrogen and oxygen atoms in total. The molecule has 0 bridgehead atoms. The zero-order valence-corrected chi connectivity index (χ0v) is 11.5. The molecule has 0 saturated carbocycles. The van der Waals surface area contributed by atoms with Crippen molar-refractivity contribution in [1.82, 2.24) is 20.3 Å². The van der Waals surface area contributed by atoms with Crippen LogP contribution in [0.1, 0.15) is 22.6 Å². The smallest absolute Gasteiger partial charge is 0.252 e. The summed E-state index contributed by atoms with van der Waals surface area (Å²) in [5.41, 5.74) is 0.396. The van der Waals surface area contributed by atoms with E-state index >= 15 is 0 Å². The van der Waals surface area contributed by atoms with E-state index in [2.05, 4.69) is 20.3 Å². The summed E-state index contributed by atoms with van der Waals surface area (Å²) in [7, 11) is 0. The summed E-state index contributed by atoms with van der Waals surface area (Å²) in [6.07, 6.45) is 6.46. The number of pyridine rings is 1. The molecule has 2 heterocycles. The summed E-state index contributed by atoms with van der Waals surface area (Å²) in [5.74, 6) is 0.691. The molecule has 0 unspecified atom stereocenters. The van der Waals surface area contributed by atoms with Crippen LogP contribution in [0.25, 0.3) is 0 Å². The minimum atomic E-state index is -0.217. The Labute approximate surface area is 120 Å². The lowest BCUT2D eigenvalue weighted by Gasteiger charge is -2.05. The van der Waals surface area contributed by atoms with Crippen LogP contribution in [0.5, 0.6) is 0 Å². The number of rotatable bonds is 5. The molecule has 0 aromatic carbocycles. The molecule has 0 aliphatic carbocycles. The number of amides is 1. The van der Waals surface area contributed by atoms with Crippen molar-refractivity contribution in [1.29, 1.82) is 0 Å². The Balaban J connectivity index is 1.79. The number of halogens is 2. The van der Waals surface area contributed by atoms with Gasteiger partial charge in [0.25, 0.3) is 5.91 Å². The number of aryl methyl sites for hydroxylation is 1. The second-order valence-corrected chi connectivity index (χ2v) is 4.66. The average Bonchev–Trinajstić information content (AvgIpc) is 2.91. The molecule has 0 aliphatic heterocycles. The highest BCUT2D eigenvalue weighted by atomic mass is 35.5. The Kier molecular flexibility index (Phi) is 4.76. The van der Waals surface area contributed by atoms with E-state index in [0.29, 0.717) is 12.1 Å². The van der Waals surface area contributed by atoms with Gasteiger partial charge in [-0.25, -0.2) is 9.97 Å². The second-order valence-electron chi connectivity index (χ2n) is 3.89. The molecular formula is C12H12Cl2N4O. The highest BCUT2D eigenvalue weighted by Gasteiger charge is 2.08. The van der Waals surface area contributed by atoms with E-state index in [9.17, 15) is 4.79 Å². The van der Waals surface area contributed by atoms with Crippen LogP contribution in [0.4, 0.5) is 0 Å². The molecule has 0 spiro atoms. The molecule has 0 atom stereocenters. The normalized spacial score (nSPS) is 10.4. The van der Waals surface area contributed by atoms with Gasteiger partial charge in [-0.1, -0.05) is 23.2 Å². The molecule has 2 rings (SSSR count). The molecule has 2 aromatic heterocycles. The maximum Gasteiger partial charge on any atom is 0.252 e. The number of hydrogen-bond donors (Lipinski definition) is 2.